The minimum Gasteiger partial charge on any atom is -0.392 e. The first-order valence-corrected chi connectivity index (χ1v) is 15.3. The van der Waals surface area contributed by atoms with E-state index >= 15 is 0 Å². The van der Waals surface area contributed by atoms with Crippen LogP contribution in [0.4, 0.5) is 5.69 Å². The molecule has 3 unspecified atom stereocenters. The molecule has 1 fully saturated rings. The van der Waals surface area contributed by atoms with Gasteiger partial charge in [0, 0.05) is 36.3 Å². The van der Waals surface area contributed by atoms with Crippen LogP contribution < -0.4 is 10.8 Å². The van der Waals surface area contributed by atoms with E-state index in [1.165, 1.54) is 11.8 Å². The summed E-state index contributed by atoms with van der Waals surface area (Å²) in [6.45, 7) is -0.0311. The van der Waals surface area contributed by atoms with Crippen LogP contribution in [-0.2, 0) is 25.7 Å². The first kappa shape index (κ1) is 31.3. The average molecular weight is 619 g/mol. The highest BCUT2D eigenvalue weighted by Gasteiger charge is 2.32. The van der Waals surface area contributed by atoms with Crippen molar-refractivity contribution < 1.29 is 29.4 Å². The maximum atomic E-state index is 12.3. The summed E-state index contributed by atoms with van der Waals surface area (Å²) in [5.74, 6) is -0.0358. The van der Waals surface area contributed by atoms with Crippen LogP contribution in [0.2, 0.25) is 0 Å². The van der Waals surface area contributed by atoms with E-state index in [-0.39, 0.29) is 37.6 Å². The van der Waals surface area contributed by atoms with Crippen molar-refractivity contribution in [3.8, 4) is 5.69 Å². The summed E-state index contributed by atoms with van der Waals surface area (Å²) < 4.78 is 14.6. The molecule has 3 atom stereocenters. The van der Waals surface area contributed by atoms with Gasteiger partial charge >= 0.3 is 0 Å². The fourth-order valence-electron chi connectivity index (χ4n) is 4.76. The summed E-state index contributed by atoms with van der Waals surface area (Å²) in [4.78, 5) is 23.5. The summed E-state index contributed by atoms with van der Waals surface area (Å²) in [6.07, 6.45) is 0.986. The molecule has 12 nitrogen and oxygen atoms in total. The van der Waals surface area contributed by atoms with Gasteiger partial charge in [0.2, 0.25) is 17.0 Å². The van der Waals surface area contributed by atoms with Gasteiger partial charge in [-0.1, -0.05) is 66.4 Å². The number of aliphatic hydroxyl groups excluding tert-OH is 1. The molecule has 3 aromatic carbocycles. The molecule has 230 valence electrons. The van der Waals surface area contributed by atoms with E-state index in [1.807, 2.05) is 66.7 Å². The first-order chi connectivity index (χ1) is 21.5. The van der Waals surface area contributed by atoms with E-state index in [2.05, 4.69) is 20.8 Å². The molecule has 0 spiro atoms. The molecule has 0 bridgehead atoms. The average Bonchev–Trinajstić information content (AvgIpc) is 3.55. The van der Waals surface area contributed by atoms with Gasteiger partial charge in [0.1, 0.15) is 0 Å². The Balaban J connectivity index is 1.25. The first-order valence-electron chi connectivity index (χ1n) is 14.3. The zero-order chi connectivity index (χ0) is 30.7. The number of anilines is 1. The van der Waals surface area contributed by atoms with Crippen molar-refractivity contribution in [2.45, 2.75) is 62.4 Å². The number of aromatic nitrogens is 4. The fourth-order valence-corrected chi connectivity index (χ4v) is 5.67. The van der Waals surface area contributed by atoms with Crippen LogP contribution in [0, 0.1) is 0 Å². The van der Waals surface area contributed by atoms with E-state index in [0.29, 0.717) is 35.9 Å². The number of nitrogens with one attached hydrogen (secondary N) is 2. The third-order valence-electron chi connectivity index (χ3n) is 7.10. The van der Waals surface area contributed by atoms with E-state index in [9.17, 15) is 14.7 Å². The standard InChI is InChI=1S/C31H34N6O6S/c38-19-21-10-12-22(13-11-21)27-18-26(20-44-31-33-35-36-37(31)25-6-2-1-3-7-25)42-30(43-27)23-14-16-24(17-15-23)32-28(39)8-4-5-9-29(40)34-41/h1-3,6-7,10-17,26-27,30,38,41H,4-5,8-9,18-20H2,(H,32,39)(H,34,40). The number of hydrogen-bond donors (Lipinski definition) is 4. The number of hydroxylamine groups is 1. The lowest BCUT2D eigenvalue weighted by Crippen LogP contribution is -2.31. The lowest BCUT2D eigenvalue weighted by Gasteiger charge is -2.36. The SMILES string of the molecule is O=C(CCCCC(=O)Nc1ccc(C2OC(CSc3nnnn3-c3ccccc3)CC(c3ccc(CO)cc3)O2)cc1)NO. The molecule has 2 amide bonds. The van der Waals surface area contributed by atoms with Gasteiger partial charge < -0.3 is 19.9 Å². The number of aliphatic hydroxyl groups is 1. The highest BCUT2D eigenvalue weighted by molar-refractivity contribution is 7.99. The van der Waals surface area contributed by atoms with Crippen molar-refractivity contribution in [1.29, 1.82) is 0 Å². The number of thioether (sulfide) groups is 1. The van der Waals surface area contributed by atoms with Gasteiger partial charge in [-0.3, -0.25) is 14.8 Å². The number of tetrazole rings is 1. The van der Waals surface area contributed by atoms with Crippen molar-refractivity contribution in [3.05, 3.63) is 95.6 Å². The second kappa shape index (κ2) is 15.5. The molecule has 0 radical (unpaired) electrons. The van der Waals surface area contributed by atoms with Gasteiger partial charge in [-0.15, -0.1) is 5.10 Å². The molecule has 4 aromatic rings. The quantitative estimate of drug-likeness (QED) is 0.0727. The number of benzene rings is 3. The molecule has 0 aliphatic carbocycles. The van der Waals surface area contributed by atoms with Crippen LogP contribution in [-0.4, -0.2) is 54.2 Å². The summed E-state index contributed by atoms with van der Waals surface area (Å²) in [7, 11) is 0. The summed E-state index contributed by atoms with van der Waals surface area (Å²) >= 11 is 1.51. The Morgan fingerprint density at radius 2 is 1.61 bits per heavy atom. The Kier molecular flexibility index (Phi) is 11.1. The zero-order valence-corrected chi connectivity index (χ0v) is 24.7. The Bertz CT molecular complexity index is 1500. The Morgan fingerprint density at radius 3 is 2.32 bits per heavy atom. The Morgan fingerprint density at radius 1 is 0.909 bits per heavy atom. The van der Waals surface area contributed by atoms with E-state index in [0.717, 1.165) is 22.4 Å². The second-order valence-corrected chi connectivity index (χ2v) is 11.3. The molecule has 1 saturated heterocycles. The van der Waals surface area contributed by atoms with Crippen LogP contribution in [0.5, 0.6) is 0 Å². The number of carbonyl (C=O) groups is 2. The van der Waals surface area contributed by atoms with Crippen LogP contribution in [0.1, 0.15) is 61.2 Å². The van der Waals surface area contributed by atoms with Gasteiger partial charge in [-0.25, -0.2) is 5.48 Å². The van der Waals surface area contributed by atoms with Gasteiger partial charge in [-0.05, 0) is 58.7 Å². The Labute approximate surface area is 258 Å². The normalized spacial score (nSPS) is 18.1. The number of unbranched alkanes of at least 4 members (excludes halogenated alkanes) is 1. The minimum atomic E-state index is -0.649. The van der Waals surface area contributed by atoms with Gasteiger partial charge in [0.25, 0.3) is 0 Å². The number of rotatable bonds is 13. The molecule has 2 heterocycles. The molecule has 44 heavy (non-hydrogen) atoms. The van der Waals surface area contributed by atoms with Crippen molar-refractivity contribution in [3.63, 3.8) is 0 Å². The molecular formula is C31H34N6O6S. The third-order valence-corrected chi connectivity index (χ3v) is 8.16. The maximum Gasteiger partial charge on any atom is 0.243 e. The van der Waals surface area contributed by atoms with Crippen molar-refractivity contribution in [2.24, 2.45) is 0 Å². The predicted molar refractivity (Wildman–Crippen MR) is 162 cm³/mol. The number of carbonyl (C=O) groups excluding carboxylic acids is 2. The van der Waals surface area contributed by atoms with Crippen LogP contribution >= 0.6 is 11.8 Å². The molecule has 1 aromatic heterocycles. The smallest absolute Gasteiger partial charge is 0.243 e. The molecule has 0 saturated carbocycles. The second-order valence-electron chi connectivity index (χ2n) is 10.3. The van der Waals surface area contributed by atoms with Gasteiger partial charge in [0.05, 0.1) is 24.5 Å². The van der Waals surface area contributed by atoms with Gasteiger partial charge in [0.15, 0.2) is 6.29 Å². The number of nitrogens with zero attached hydrogens (tertiary/aromatic N) is 4. The Hall–Kier alpha value is -4.14. The molecule has 5 rings (SSSR count). The molecule has 4 N–H and O–H groups in total. The van der Waals surface area contributed by atoms with Crippen LogP contribution in [0.3, 0.4) is 0 Å². The highest BCUT2D eigenvalue weighted by Crippen LogP contribution is 2.39. The van der Waals surface area contributed by atoms with Crippen molar-refractivity contribution >= 4 is 29.3 Å². The van der Waals surface area contributed by atoms with Crippen LogP contribution in [0.15, 0.2) is 84.0 Å². The number of hydrogen-bond acceptors (Lipinski definition) is 10. The summed E-state index contributed by atoms with van der Waals surface area (Å²) in [5.41, 5.74) is 5.71. The summed E-state index contributed by atoms with van der Waals surface area (Å²) in [6, 6.07) is 24.7. The highest BCUT2D eigenvalue weighted by atomic mass is 32.2. The van der Waals surface area contributed by atoms with Gasteiger partial charge in [-0.2, -0.15) is 4.68 Å². The van der Waals surface area contributed by atoms with E-state index in [1.54, 1.807) is 22.3 Å². The number of amides is 2. The molecule has 13 heteroatoms. The van der Waals surface area contributed by atoms with E-state index < -0.39 is 12.2 Å². The molecule has 1 aliphatic rings. The molecular weight excluding hydrogens is 584 g/mol. The zero-order valence-electron chi connectivity index (χ0n) is 23.9. The lowest BCUT2D eigenvalue weighted by atomic mass is 10.0. The molecule has 1 aliphatic heterocycles. The monoisotopic (exact) mass is 618 g/mol. The predicted octanol–water partition coefficient (Wildman–Crippen LogP) is 4.50. The third kappa shape index (κ3) is 8.49. The van der Waals surface area contributed by atoms with Crippen LogP contribution in [0.25, 0.3) is 5.69 Å². The lowest BCUT2D eigenvalue weighted by molar-refractivity contribution is -0.245. The number of ether oxygens (including phenoxy) is 2. The minimum absolute atomic E-state index is 0.0311. The maximum absolute atomic E-state index is 12.3. The largest absolute Gasteiger partial charge is 0.392 e. The topological polar surface area (TPSA) is 161 Å². The van der Waals surface area contributed by atoms with Crippen molar-refractivity contribution in [2.75, 3.05) is 11.1 Å². The summed E-state index contributed by atoms with van der Waals surface area (Å²) in [5, 5.41) is 33.8. The van der Waals surface area contributed by atoms with E-state index in [4.69, 9.17) is 14.7 Å². The fraction of sp³-hybridized carbons (Fsp3) is 0.323. The van der Waals surface area contributed by atoms with Crippen molar-refractivity contribution in [1.82, 2.24) is 25.7 Å². The number of para-hydroxylation sites is 1.